The molecular formula is C20H17NO4S. The number of methoxy groups -OCH3 is 1. The van der Waals surface area contributed by atoms with Crippen LogP contribution in [-0.4, -0.2) is 21.5 Å². The van der Waals surface area contributed by atoms with E-state index in [0.717, 1.165) is 11.1 Å². The normalized spacial score (nSPS) is 11.0. The third-order valence-corrected chi connectivity index (χ3v) is 5.27. The van der Waals surface area contributed by atoms with Crippen molar-refractivity contribution in [2.45, 2.75) is 4.90 Å². The number of nitrogens with one attached hydrogen (secondary N) is 1. The molecule has 0 heterocycles. The number of benzene rings is 3. The number of hydrogen-bond donors (Lipinski definition) is 1. The molecule has 0 radical (unpaired) electrons. The Labute approximate surface area is 152 Å². The molecule has 3 aromatic carbocycles. The van der Waals surface area contributed by atoms with Crippen molar-refractivity contribution < 1.29 is 17.9 Å². The quantitative estimate of drug-likeness (QED) is 0.693. The standard InChI is InChI=1S/C20H17NO4S/c1-25-20(22)18-9-5-6-10-19(18)26(23,24)21-17-13-11-16(12-14-17)15-7-3-2-4-8-15/h2-14,21H,1H3. The van der Waals surface area contributed by atoms with Crippen LogP contribution in [0.4, 0.5) is 5.69 Å². The molecule has 0 amide bonds. The van der Waals surface area contributed by atoms with Gasteiger partial charge in [0.25, 0.3) is 10.0 Å². The van der Waals surface area contributed by atoms with E-state index >= 15 is 0 Å². The molecule has 0 bridgehead atoms. The molecule has 3 aromatic rings. The van der Waals surface area contributed by atoms with Gasteiger partial charge < -0.3 is 4.74 Å². The van der Waals surface area contributed by atoms with Gasteiger partial charge in [-0.2, -0.15) is 0 Å². The molecule has 5 nitrogen and oxygen atoms in total. The molecule has 26 heavy (non-hydrogen) atoms. The van der Waals surface area contributed by atoms with Gasteiger partial charge in [0, 0.05) is 5.69 Å². The van der Waals surface area contributed by atoms with Crippen molar-refractivity contribution in [3.8, 4) is 11.1 Å². The lowest BCUT2D eigenvalue weighted by Crippen LogP contribution is -2.17. The van der Waals surface area contributed by atoms with Gasteiger partial charge in [-0.1, -0.05) is 54.6 Å². The highest BCUT2D eigenvalue weighted by Gasteiger charge is 2.22. The maximum absolute atomic E-state index is 12.7. The molecule has 0 saturated heterocycles. The minimum Gasteiger partial charge on any atom is -0.465 e. The van der Waals surface area contributed by atoms with Crippen LogP contribution in [0, 0.1) is 0 Å². The predicted molar refractivity (Wildman–Crippen MR) is 100 cm³/mol. The Kier molecular flexibility index (Phi) is 5.04. The first-order chi connectivity index (χ1) is 12.5. The molecule has 0 atom stereocenters. The monoisotopic (exact) mass is 367 g/mol. The van der Waals surface area contributed by atoms with Crippen LogP contribution in [0.1, 0.15) is 10.4 Å². The zero-order valence-electron chi connectivity index (χ0n) is 14.0. The van der Waals surface area contributed by atoms with Gasteiger partial charge in [0.1, 0.15) is 4.90 Å². The fourth-order valence-corrected chi connectivity index (χ4v) is 3.81. The van der Waals surface area contributed by atoms with Crippen LogP contribution in [0.25, 0.3) is 11.1 Å². The van der Waals surface area contributed by atoms with Gasteiger partial charge in [-0.3, -0.25) is 4.72 Å². The van der Waals surface area contributed by atoms with Crippen LogP contribution < -0.4 is 4.72 Å². The summed E-state index contributed by atoms with van der Waals surface area (Å²) in [6.45, 7) is 0. The van der Waals surface area contributed by atoms with Crippen LogP contribution in [0.15, 0.2) is 83.8 Å². The number of hydrogen-bond acceptors (Lipinski definition) is 4. The predicted octanol–water partition coefficient (Wildman–Crippen LogP) is 3.94. The van der Waals surface area contributed by atoms with Crippen LogP contribution in [0.5, 0.6) is 0 Å². The largest absolute Gasteiger partial charge is 0.465 e. The summed E-state index contributed by atoms with van der Waals surface area (Å²) in [6.07, 6.45) is 0. The molecule has 0 fully saturated rings. The number of esters is 1. The molecule has 3 rings (SSSR count). The van der Waals surface area contributed by atoms with E-state index in [0.29, 0.717) is 5.69 Å². The summed E-state index contributed by atoms with van der Waals surface area (Å²) in [5.41, 5.74) is 2.41. The minimum atomic E-state index is -3.93. The van der Waals surface area contributed by atoms with Crippen LogP contribution in [0.3, 0.4) is 0 Å². The lowest BCUT2D eigenvalue weighted by atomic mass is 10.1. The van der Waals surface area contributed by atoms with Gasteiger partial charge >= 0.3 is 5.97 Å². The highest BCUT2D eigenvalue weighted by molar-refractivity contribution is 7.92. The topological polar surface area (TPSA) is 72.5 Å². The summed E-state index contributed by atoms with van der Waals surface area (Å²) in [6, 6.07) is 22.7. The van der Waals surface area contributed by atoms with Crippen LogP contribution in [0.2, 0.25) is 0 Å². The number of ether oxygens (including phenoxy) is 1. The third-order valence-electron chi connectivity index (χ3n) is 3.83. The second-order valence-corrected chi connectivity index (χ2v) is 7.19. The summed E-state index contributed by atoms with van der Waals surface area (Å²) in [5.74, 6) is -0.703. The van der Waals surface area contributed by atoms with Crippen LogP contribution >= 0.6 is 0 Å². The first-order valence-corrected chi connectivity index (χ1v) is 9.35. The summed E-state index contributed by atoms with van der Waals surface area (Å²) < 4.78 is 32.5. The molecule has 0 aliphatic heterocycles. The smallest absolute Gasteiger partial charge is 0.339 e. The van der Waals surface area contributed by atoms with Gasteiger partial charge in [-0.15, -0.1) is 0 Å². The van der Waals surface area contributed by atoms with E-state index in [1.54, 1.807) is 24.3 Å². The number of carbonyl (C=O) groups excluding carboxylic acids is 1. The van der Waals surface area contributed by atoms with Crippen molar-refractivity contribution in [2.24, 2.45) is 0 Å². The number of carbonyl (C=O) groups is 1. The Hall–Kier alpha value is -3.12. The minimum absolute atomic E-state index is 0.0107. The number of anilines is 1. The van der Waals surface area contributed by atoms with Crippen molar-refractivity contribution >= 4 is 21.7 Å². The average molecular weight is 367 g/mol. The average Bonchev–Trinajstić information content (AvgIpc) is 2.68. The Bertz CT molecular complexity index is 1010. The first-order valence-electron chi connectivity index (χ1n) is 7.87. The Morgan fingerprint density at radius 2 is 1.38 bits per heavy atom. The van der Waals surface area contributed by atoms with Gasteiger partial charge in [-0.25, -0.2) is 13.2 Å². The molecule has 0 aliphatic rings. The molecule has 0 saturated carbocycles. The zero-order chi connectivity index (χ0) is 18.6. The molecule has 0 aromatic heterocycles. The lowest BCUT2D eigenvalue weighted by molar-refractivity contribution is 0.0596. The van der Waals surface area contributed by atoms with E-state index in [1.165, 1.54) is 19.2 Å². The maximum atomic E-state index is 12.7. The Morgan fingerprint density at radius 1 is 0.808 bits per heavy atom. The zero-order valence-corrected chi connectivity index (χ0v) is 14.9. The Morgan fingerprint density at radius 3 is 2.04 bits per heavy atom. The maximum Gasteiger partial charge on any atom is 0.339 e. The second kappa shape index (κ2) is 7.41. The van der Waals surface area contributed by atoms with Gasteiger partial charge in [0.15, 0.2) is 0 Å². The summed E-state index contributed by atoms with van der Waals surface area (Å²) >= 11 is 0. The molecule has 132 valence electrons. The summed E-state index contributed by atoms with van der Waals surface area (Å²) in [5, 5.41) is 0. The lowest BCUT2D eigenvalue weighted by Gasteiger charge is -2.11. The van der Waals surface area contributed by atoms with Crippen molar-refractivity contribution in [2.75, 3.05) is 11.8 Å². The van der Waals surface area contributed by atoms with Crippen LogP contribution in [-0.2, 0) is 14.8 Å². The van der Waals surface area contributed by atoms with Gasteiger partial charge in [0.2, 0.25) is 0 Å². The summed E-state index contributed by atoms with van der Waals surface area (Å²) in [7, 11) is -2.72. The van der Waals surface area contributed by atoms with Gasteiger partial charge in [0.05, 0.1) is 12.7 Å². The molecular weight excluding hydrogens is 350 g/mol. The van der Waals surface area contributed by atoms with Crippen molar-refractivity contribution in [1.29, 1.82) is 0 Å². The number of rotatable bonds is 5. The van der Waals surface area contributed by atoms with Gasteiger partial charge in [-0.05, 0) is 35.4 Å². The molecule has 0 spiro atoms. The first kappa shape index (κ1) is 17.7. The SMILES string of the molecule is COC(=O)c1ccccc1S(=O)(=O)Nc1ccc(-c2ccccc2)cc1. The molecule has 0 unspecified atom stereocenters. The summed E-state index contributed by atoms with van der Waals surface area (Å²) in [4.78, 5) is 11.7. The van der Waals surface area contributed by atoms with E-state index in [2.05, 4.69) is 9.46 Å². The van der Waals surface area contributed by atoms with E-state index < -0.39 is 16.0 Å². The van der Waals surface area contributed by atoms with E-state index in [-0.39, 0.29) is 10.5 Å². The highest BCUT2D eigenvalue weighted by Crippen LogP contribution is 2.24. The van der Waals surface area contributed by atoms with Crippen molar-refractivity contribution in [1.82, 2.24) is 0 Å². The van der Waals surface area contributed by atoms with E-state index in [4.69, 9.17) is 0 Å². The number of sulfonamides is 1. The fraction of sp³-hybridized carbons (Fsp3) is 0.0500. The molecule has 6 heteroatoms. The second-order valence-electron chi connectivity index (χ2n) is 5.54. The fourth-order valence-electron chi connectivity index (χ4n) is 2.55. The van der Waals surface area contributed by atoms with Crippen molar-refractivity contribution in [3.63, 3.8) is 0 Å². The third kappa shape index (κ3) is 3.75. The Balaban J connectivity index is 1.88. The van der Waals surface area contributed by atoms with Crippen molar-refractivity contribution in [3.05, 3.63) is 84.4 Å². The highest BCUT2D eigenvalue weighted by atomic mass is 32.2. The van der Waals surface area contributed by atoms with E-state index in [9.17, 15) is 13.2 Å². The molecule has 1 N–H and O–H groups in total. The van der Waals surface area contributed by atoms with E-state index in [1.807, 2.05) is 42.5 Å². The molecule has 0 aliphatic carbocycles.